The molecule has 9 heteroatoms. The minimum Gasteiger partial charge on any atom is -0.384 e. The van der Waals surface area contributed by atoms with Crippen molar-refractivity contribution in [2.24, 2.45) is 15.9 Å². The first kappa shape index (κ1) is 29.4. The number of hydrogen-bond donors (Lipinski definition) is 4. The van der Waals surface area contributed by atoms with E-state index in [9.17, 15) is 14.7 Å². The van der Waals surface area contributed by atoms with Gasteiger partial charge in [-0.1, -0.05) is 24.3 Å². The third kappa shape index (κ3) is 8.71. The molecular formula is C30H38N6O3. The van der Waals surface area contributed by atoms with Crippen LogP contribution in [0.1, 0.15) is 56.7 Å². The van der Waals surface area contributed by atoms with E-state index >= 15 is 0 Å². The van der Waals surface area contributed by atoms with Crippen LogP contribution in [-0.4, -0.2) is 48.1 Å². The number of hydrogen-bond acceptors (Lipinski definition) is 7. The fraction of sp³-hybridized carbons (Fsp3) is 0.367. The summed E-state index contributed by atoms with van der Waals surface area (Å²) in [6, 6.07) is 13.4. The number of nitrogens with one attached hydrogen (secondary N) is 3. The Balaban J connectivity index is 1.78. The van der Waals surface area contributed by atoms with Gasteiger partial charge in [-0.05, 0) is 82.0 Å². The average molecular weight is 531 g/mol. The van der Waals surface area contributed by atoms with Crippen molar-refractivity contribution in [3.63, 3.8) is 0 Å². The largest absolute Gasteiger partial charge is 0.384 e. The number of anilines is 2. The Morgan fingerprint density at radius 3 is 2.49 bits per heavy atom. The highest BCUT2D eigenvalue weighted by molar-refractivity contribution is 6.25. The molecule has 0 radical (unpaired) electrons. The highest BCUT2D eigenvalue weighted by atomic mass is 16.3. The van der Waals surface area contributed by atoms with E-state index in [2.05, 4.69) is 56.3 Å². The maximum atomic E-state index is 12.9. The molecule has 1 fully saturated rings. The lowest BCUT2D eigenvalue weighted by Crippen LogP contribution is -2.32. The summed E-state index contributed by atoms with van der Waals surface area (Å²) < 4.78 is 0. The molecule has 206 valence electrons. The Morgan fingerprint density at radius 2 is 1.87 bits per heavy atom. The van der Waals surface area contributed by atoms with E-state index in [4.69, 9.17) is 0 Å². The number of pyridine rings is 1. The maximum Gasteiger partial charge on any atom is 0.256 e. The normalized spacial score (nSPS) is 18.1. The van der Waals surface area contributed by atoms with Crippen molar-refractivity contribution in [2.45, 2.75) is 51.0 Å². The molecule has 1 aliphatic rings. The second kappa shape index (κ2) is 14.2. The van der Waals surface area contributed by atoms with Crippen molar-refractivity contribution in [3.8, 4) is 0 Å². The summed E-state index contributed by atoms with van der Waals surface area (Å²) in [6.45, 7) is 10.9. The lowest BCUT2D eigenvalue weighted by Gasteiger charge is -2.25. The van der Waals surface area contributed by atoms with Gasteiger partial charge in [-0.25, -0.2) is 9.98 Å². The number of amidine groups is 1. The smallest absolute Gasteiger partial charge is 0.256 e. The van der Waals surface area contributed by atoms with E-state index in [1.807, 2.05) is 12.1 Å². The fourth-order valence-corrected chi connectivity index (χ4v) is 4.41. The lowest BCUT2D eigenvalue weighted by atomic mass is 9.79. The number of nitrogens with zero attached hydrogens (tertiary/aromatic N) is 3. The molecule has 1 aliphatic carbocycles. The van der Waals surface area contributed by atoms with Gasteiger partial charge < -0.3 is 25.9 Å². The van der Waals surface area contributed by atoms with Crippen molar-refractivity contribution in [3.05, 3.63) is 78.1 Å². The molecule has 1 amide bonds. The number of amides is 1. The average Bonchev–Trinajstić information content (AvgIpc) is 2.94. The van der Waals surface area contributed by atoms with Crippen molar-refractivity contribution in [2.75, 3.05) is 23.8 Å². The van der Waals surface area contributed by atoms with Crippen LogP contribution in [0.2, 0.25) is 0 Å². The number of aldehydes is 1. The number of benzene rings is 1. The molecule has 0 atom stereocenters. The van der Waals surface area contributed by atoms with Crippen molar-refractivity contribution >= 4 is 36.3 Å². The monoisotopic (exact) mass is 530 g/mol. The van der Waals surface area contributed by atoms with E-state index in [-0.39, 0.29) is 30.5 Å². The molecular weight excluding hydrogens is 492 g/mol. The van der Waals surface area contributed by atoms with Gasteiger partial charge in [0, 0.05) is 24.4 Å². The molecule has 1 aromatic heterocycles. The second-order valence-electron chi connectivity index (χ2n) is 10.0. The molecule has 0 bridgehead atoms. The summed E-state index contributed by atoms with van der Waals surface area (Å²) in [6.07, 6.45) is 7.94. The molecule has 1 saturated carbocycles. The Bertz CT molecular complexity index is 1210. The van der Waals surface area contributed by atoms with Crippen LogP contribution >= 0.6 is 0 Å². The van der Waals surface area contributed by atoms with Crippen LogP contribution in [-0.2, 0) is 15.2 Å². The predicted octanol–water partition coefficient (Wildman–Crippen LogP) is 4.55. The first-order valence-electron chi connectivity index (χ1n) is 13.1. The Kier molecular flexibility index (Phi) is 10.7. The van der Waals surface area contributed by atoms with E-state index in [0.29, 0.717) is 17.4 Å². The molecule has 0 aliphatic heterocycles. The van der Waals surface area contributed by atoms with Crippen LogP contribution in [0.15, 0.2) is 76.9 Å². The fourth-order valence-electron chi connectivity index (χ4n) is 4.41. The molecule has 9 nitrogen and oxygen atoms in total. The Labute approximate surface area is 230 Å². The molecule has 1 heterocycles. The van der Waals surface area contributed by atoms with Crippen LogP contribution in [0.25, 0.3) is 0 Å². The van der Waals surface area contributed by atoms with Gasteiger partial charge in [-0.2, -0.15) is 0 Å². The lowest BCUT2D eigenvalue weighted by molar-refractivity contribution is -0.116. The van der Waals surface area contributed by atoms with E-state index in [0.717, 1.165) is 37.7 Å². The molecule has 4 N–H and O–H groups in total. The van der Waals surface area contributed by atoms with Crippen molar-refractivity contribution < 1.29 is 14.7 Å². The Hall–Kier alpha value is -4.11. The van der Waals surface area contributed by atoms with Crippen LogP contribution < -0.4 is 16.0 Å². The van der Waals surface area contributed by atoms with E-state index < -0.39 is 11.5 Å². The molecule has 3 rings (SSSR count). The van der Waals surface area contributed by atoms with Gasteiger partial charge in [0.2, 0.25) is 0 Å². The third-order valence-electron chi connectivity index (χ3n) is 6.62. The number of aromatic nitrogens is 1. The quantitative estimate of drug-likeness (QED) is 0.105. The molecule has 2 aromatic rings. The van der Waals surface area contributed by atoms with E-state index in [1.165, 1.54) is 11.8 Å². The predicted molar refractivity (Wildman–Crippen MR) is 157 cm³/mol. The third-order valence-corrected chi connectivity index (χ3v) is 6.62. The van der Waals surface area contributed by atoms with Crippen LogP contribution in [0, 0.1) is 5.92 Å². The highest BCUT2D eigenvalue weighted by Crippen LogP contribution is 2.35. The first-order valence-corrected chi connectivity index (χ1v) is 13.1. The Morgan fingerprint density at radius 1 is 1.15 bits per heavy atom. The number of aliphatic imine (C=N–C) groups is 2. The van der Waals surface area contributed by atoms with Gasteiger partial charge in [-0.3, -0.25) is 9.79 Å². The number of aliphatic hydroxyl groups is 1. The number of rotatable bonds is 12. The standard InChI is InChI=1S/C30H38N6O3/c1-5-17-32-29(38)25(18-31-4)28(36-27-8-6-7-26(35-27)30(2,3)39)34-20-33-24-15-13-23(14-16-24)22-11-9-21(19-37)10-12-22/h5-8,13-16,18-19,21-22,33,39H,1,4,9-12,17,20H2,2-3H3,(H,32,38)(H,34,35,36)/b25-18+. The SMILES string of the molecule is C=CCNC(=O)/C(=C/N=C)C(=NCNc1ccc(C2CCC(C=O)CC2)cc1)Nc1cccc(C(C)(C)O)n1. The van der Waals surface area contributed by atoms with Crippen molar-refractivity contribution in [1.82, 2.24) is 10.3 Å². The molecule has 0 saturated heterocycles. The molecule has 39 heavy (non-hydrogen) atoms. The minimum atomic E-state index is -1.14. The van der Waals surface area contributed by atoms with Gasteiger partial charge in [0.1, 0.15) is 30.2 Å². The maximum absolute atomic E-state index is 12.9. The zero-order valence-corrected chi connectivity index (χ0v) is 22.7. The summed E-state index contributed by atoms with van der Waals surface area (Å²) >= 11 is 0. The van der Waals surface area contributed by atoms with Gasteiger partial charge in [0.25, 0.3) is 5.91 Å². The second-order valence-corrected chi connectivity index (χ2v) is 10.0. The highest BCUT2D eigenvalue weighted by Gasteiger charge is 2.22. The van der Waals surface area contributed by atoms with Gasteiger partial charge in [0.05, 0.1) is 11.3 Å². The summed E-state index contributed by atoms with van der Waals surface area (Å²) in [4.78, 5) is 36.8. The molecule has 1 aromatic carbocycles. The first-order chi connectivity index (χ1) is 18.7. The van der Waals surface area contributed by atoms with Crippen LogP contribution in [0.3, 0.4) is 0 Å². The summed E-state index contributed by atoms with van der Waals surface area (Å²) in [5.74, 6) is 0.920. The van der Waals surface area contributed by atoms with Gasteiger partial charge in [-0.15, -0.1) is 6.58 Å². The zero-order chi connectivity index (χ0) is 28.3. The summed E-state index contributed by atoms with van der Waals surface area (Å²) in [5, 5.41) is 19.5. The minimum absolute atomic E-state index is 0.167. The summed E-state index contributed by atoms with van der Waals surface area (Å²) in [5.41, 5.74) is 1.65. The molecule has 0 spiro atoms. The number of carbonyl (C=O) groups is 2. The summed E-state index contributed by atoms with van der Waals surface area (Å²) in [7, 11) is 0. The van der Waals surface area contributed by atoms with E-state index in [1.54, 1.807) is 38.1 Å². The van der Waals surface area contributed by atoms with Gasteiger partial charge >= 0.3 is 0 Å². The van der Waals surface area contributed by atoms with Gasteiger partial charge in [0.15, 0.2) is 0 Å². The zero-order valence-electron chi connectivity index (χ0n) is 22.7. The molecule has 0 unspecified atom stereocenters. The van der Waals surface area contributed by atoms with Crippen molar-refractivity contribution in [1.29, 1.82) is 0 Å². The van der Waals surface area contributed by atoms with Crippen LogP contribution in [0.5, 0.6) is 0 Å². The topological polar surface area (TPSA) is 128 Å². The van der Waals surface area contributed by atoms with Crippen LogP contribution in [0.4, 0.5) is 11.5 Å². The number of carbonyl (C=O) groups excluding carboxylic acids is 2.